The van der Waals surface area contributed by atoms with E-state index in [0.29, 0.717) is 0 Å². The molecule has 0 fully saturated rings. The molecule has 0 N–H and O–H groups in total. The summed E-state index contributed by atoms with van der Waals surface area (Å²) in [5, 5.41) is 0. The molecule has 0 aliphatic carbocycles. The van der Waals surface area contributed by atoms with Gasteiger partial charge in [-0.1, -0.05) is 39.5 Å². The second-order valence-corrected chi connectivity index (χ2v) is 52.6. The molecule has 0 saturated carbocycles. The zero-order chi connectivity index (χ0) is 35.0. The Balaban J connectivity index is 1.47. The molecule has 270 valence electrons. The van der Waals surface area contributed by atoms with Crippen molar-refractivity contribution in [3.63, 3.8) is 0 Å². The Morgan fingerprint density at radius 2 is 0.735 bits per heavy atom. The van der Waals surface area contributed by atoms with Crippen molar-refractivity contribution in [2.75, 3.05) is 0 Å². The second-order valence-electron chi connectivity index (χ2n) is 16.5. The van der Waals surface area contributed by atoms with E-state index < -0.39 is 36.8 Å². The number of hydrogen-bond acceptors (Lipinski definition) is 5. The minimum absolute atomic E-state index is 1.25. The van der Waals surface area contributed by atoms with Gasteiger partial charge in [0.15, 0.2) is 0 Å². The van der Waals surface area contributed by atoms with Gasteiger partial charge in [0.25, 0.3) is 0 Å². The second kappa shape index (κ2) is 19.3. The molecule has 5 aromatic rings. The van der Waals surface area contributed by atoms with Crippen molar-refractivity contribution in [1.82, 2.24) is 0 Å². The average Bonchev–Trinajstić information content (AvgIpc) is 3.87. The Hall–Kier alpha value is 0.617. The fourth-order valence-corrected chi connectivity index (χ4v) is 24.5. The van der Waals surface area contributed by atoms with Gasteiger partial charge in [-0.2, -0.15) is 0 Å². The molecule has 0 aliphatic rings. The van der Waals surface area contributed by atoms with E-state index in [0.717, 1.165) is 0 Å². The first-order valence-electron chi connectivity index (χ1n) is 19.7. The summed E-state index contributed by atoms with van der Waals surface area (Å²) < 4.78 is 9.93. The van der Waals surface area contributed by atoms with Crippen LogP contribution in [0.2, 0.25) is 29.6 Å². The molecular formula is C42H64S5Sn2. The van der Waals surface area contributed by atoms with Crippen LogP contribution in [0.4, 0.5) is 0 Å². The molecule has 0 saturated heterocycles. The van der Waals surface area contributed by atoms with Crippen molar-refractivity contribution in [1.29, 1.82) is 0 Å². The van der Waals surface area contributed by atoms with Crippen LogP contribution in [0, 0.1) is 0 Å². The Labute approximate surface area is 328 Å². The molecule has 0 amide bonds. The fraction of sp³-hybridized carbons (Fsp3) is 0.619. The number of hydrogen-bond donors (Lipinski definition) is 0. The molecule has 5 rings (SSSR count). The molecule has 0 atom stereocenters. The van der Waals surface area contributed by atoms with Gasteiger partial charge in [-0.15, -0.1) is 0 Å². The molecule has 0 spiro atoms. The third-order valence-electron chi connectivity index (χ3n) is 10.0. The summed E-state index contributed by atoms with van der Waals surface area (Å²) in [6.45, 7) is 4.64. The molecular weight excluding hydrogens is 902 g/mol. The van der Waals surface area contributed by atoms with Crippen molar-refractivity contribution in [2.45, 2.75) is 159 Å². The maximum atomic E-state index is 2.57. The first kappa shape index (κ1) is 40.8. The van der Waals surface area contributed by atoms with E-state index in [9.17, 15) is 0 Å². The molecule has 0 aliphatic heterocycles. The van der Waals surface area contributed by atoms with Gasteiger partial charge in [0.1, 0.15) is 0 Å². The number of aryl methyl sites for hydroxylation is 2. The predicted octanol–water partition coefficient (Wildman–Crippen LogP) is 16.1. The van der Waals surface area contributed by atoms with E-state index in [1.54, 1.807) is 55.2 Å². The van der Waals surface area contributed by atoms with Crippen molar-refractivity contribution in [2.24, 2.45) is 0 Å². The van der Waals surface area contributed by atoms with Gasteiger partial charge in [0, 0.05) is 0 Å². The molecule has 0 aromatic carbocycles. The zero-order valence-electron chi connectivity index (χ0n) is 32.1. The molecule has 5 aromatic heterocycles. The fourth-order valence-electron chi connectivity index (χ4n) is 6.97. The summed E-state index contributed by atoms with van der Waals surface area (Å²) in [4.78, 5) is 21.8. The van der Waals surface area contributed by atoms with E-state index in [1.807, 2.05) is 0 Å². The van der Waals surface area contributed by atoms with Gasteiger partial charge in [0.05, 0.1) is 0 Å². The van der Waals surface area contributed by atoms with Crippen molar-refractivity contribution in [3.8, 4) is 19.5 Å². The van der Waals surface area contributed by atoms with Crippen LogP contribution in [0.15, 0.2) is 24.3 Å². The SMILES string of the molecule is CCCCCCCCCCc1c(-c2cc[c]([Sn]([CH3])([CH3])[CH3])s2)sc2c1sc1c(CCCCCCCCCC)c(-c3cc[c]([Sn]([CH3])([CH3])[CH3])s3)sc12. The standard InChI is InChI=1S/C36H46S5.6CH3.2Sn/c1-3-5-7-9-11-13-15-17-21-27-31(29-23-19-25-37-29)39-35-33(27)41-34-28(22-18-16-14-12-10-8-6-4-2)32(40-36(34)35)30-24-20-26-38-30;;;;;;;;/h19-20,23-24H,3-18,21-22H2,1-2H3;6*1H3;;. The summed E-state index contributed by atoms with van der Waals surface area (Å²) in [6, 6.07) is 9.98. The Morgan fingerprint density at radius 1 is 0.388 bits per heavy atom. The number of unbranched alkanes of at least 4 members (excludes halogenated alkanes) is 14. The van der Waals surface area contributed by atoms with E-state index in [2.05, 4.69) is 124 Å². The van der Waals surface area contributed by atoms with Gasteiger partial charge < -0.3 is 0 Å². The Kier molecular flexibility index (Phi) is 16.1. The van der Waals surface area contributed by atoms with Crippen LogP contribution in [0.1, 0.15) is 128 Å². The molecule has 49 heavy (non-hydrogen) atoms. The van der Waals surface area contributed by atoms with E-state index in [1.165, 1.54) is 116 Å². The predicted molar refractivity (Wildman–Crippen MR) is 240 cm³/mol. The molecule has 0 unspecified atom stereocenters. The van der Waals surface area contributed by atoms with Gasteiger partial charge in [-0.05, 0) is 0 Å². The van der Waals surface area contributed by atoms with E-state index >= 15 is 0 Å². The average molecular weight is 967 g/mol. The third-order valence-corrected chi connectivity index (χ3v) is 35.7. The van der Waals surface area contributed by atoms with Gasteiger partial charge in [-0.3, -0.25) is 0 Å². The van der Waals surface area contributed by atoms with Crippen LogP contribution in [-0.2, 0) is 12.8 Å². The molecule has 0 radical (unpaired) electrons. The monoisotopic (exact) mass is 968 g/mol. The van der Waals surface area contributed by atoms with Crippen molar-refractivity contribution in [3.05, 3.63) is 35.4 Å². The molecule has 0 bridgehead atoms. The van der Waals surface area contributed by atoms with Crippen LogP contribution in [0.3, 0.4) is 0 Å². The first-order chi connectivity index (χ1) is 23.5. The molecule has 5 heterocycles. The minimum atomic E-state index is -2.11. The molecule has 7 heteroatoms. The Morgan fingerprint density at radius 3 is 1.06 bits per heavy atom. The van der Waals surface area contributed by atoms with Gasteiger partial charge in [-0.25, -0.2) is 0 Å². The number of fused-ring (bicyclic) bond motifs is 3. The van der Waals surface area contributed by atoms with Gasteiger partial charge >= 0.3 is 292 Å². The Bertz CT molecular complexity index is 1600. The van der Waals surface area contributed by atoms with Crippen LogP contribution >= 0.6 is 56.7 Å². The van der Waals surface area contributed by atoms with Crippen LogP contribution < -0.4 is 5.79 Å². The van der Waals surface area contributed by atoms with Crippen LogP contribution in [-0.4, -0.2) is 36.8 Å². The number of thiophene rings is 5. The topological polar surface area (TPSA) is 0 Å². The quantitative estimate of drug-likeness (QED) is 0.0479. The first-order valence-corrected chi connectivity index (χ1v) is 43.8. The van der Waals surface area contributed by atoms with Crippen molar-refractivity contribution < 1.29 is 0 Å². The zero-order valence-corrected chi connectivity index (χ0v) is 41.9. The van der Waals surface area contributed by atoms with Crippen molar-refractivity contribution >= 4 is 118 Å². The molecule has 0 nitrogen and oxygen atoms in total. The maximum absolute atomic E-state index is 2.57. The summed E-state index contributed by atoms with van der Waals surface area (Å²) in [6.07, 6.45) is 24.8. The van der Waals surface area contributed by atoms with Crippen LogP contribution in [0.25, 0.3) is 38.3 Å². The van der Waals surface area contributed by atoms with E-state index in [-0.39, 0.29) is 0 Å². The van der Waals surface area contributed by atoms with E-state index in [4.69, 9.17) is 0 Å². The summed E-state index contributed by atoms with van der Waals surface area (Å²) in [7, 11) is 0. The van der Waals surface area contributed by atoms with Crippen LogP contribution in [0.5, 0.6) is 0 Å². The number of rotatable bonds is 22. The summed E-state index contributed by atoms with van der Waals surface area (Å²) in [5.74, 6) is 0. The summed E-state index contributed by atoms with van der Waals surface area (Å²) in [5.41, 5.74) is 3.38. The normalized spacial score (nSPS) is 12.7. The third kappa shape index (κ3) is 10.9. The van der Waals surface area contributed by atoms with Gasteiger partial charge in [0.2, 0.25) is 0 Å². The summed E-state index contributed by atoms with van der Waals surface area (Å²) >= 11 is 6.54.